The Morgan fingerprint density at radius 3 is 2.50 bits per heavy atom. The van der Waals surface area contributed by atoms with Crippen LogP contribution in [0, 0.1) is 5.92 Å². The number of allylic oxidation sites excluding steroid dienone is 4. The minimum absolute atomic E-state index is 0.263. The molecule has 66 valence electrons. The van der Waals surface area contributed by atoms with Crippen molar-refractivity contribution in [2.45, 2.75) is 33.6 Å². The molecule has 0 aromatic carbocycles. The van der Waals surface area contributed by atoms with Gasteiger partial charge in [0.15, 0.2) is 5.78 Å². The summed E-state index contributed by atoms with van der Waals surface area (Å²) in [7, 11) is 0. The van der Waals surface area contributed by atoms with Gasteiger partial charge in [0.05, 0.1) is 0 Å². The first-order valence-electron chi connectivity index (χ1n) is 4.56. The second-order valence-corrected chi connectivity index (χ2v) is 3.33. The van der Waals surface area contributed by atoms with Gasteiger partial charge in [-0.05, 0) is 43.8 Å². The Bertz CT molecular complexity index is 246. The van der Waals surface area contributed by atoms with Crippen LogP contribution in [0.5, 0.6) is 0 Å². The van der Waals surface area contributed by atoms with Crippen molar-refractivity contribution < 1.29 is 4.79 Å². The molecular formula is C11H16O. The van der Waals surface area contributed by atoms with Crippen LogP contribution in [0.3, 0.4) is 0 Å². The Morgan fingerprint density at radius 1 is 1.33 bits per heavy atom. The molecule has 1 nitrogen and oxygen atoms in total. The van der Waals surface area contributed by atoms with Gasteiger partial charge in [0.2, 0.25) is 0 Å². The minimum Gasteiger partial charge on any atom is -0.289 e. The van der Waals surface area contributed by atoms with Crippen molar-refractivity contribution >= 4 is 5.78 Å². The van der Waals surface area contributed by atoms with E-state index >= 15 is 0 Å². The highest BCUT2D eigenvalue weighted by Gasteiger charge is 2.24. The van der Waals surface area contributed by atoms with Crippen molar-refractivity contribution in [1.29, 1.82) is 0 Å². The first-order valence-corrected chi connectivity index (χ1v) is 4.56. The predicted octanol–water partition coefficient (Wildman–Crippen LogP) is 2.88. The van der Waals surface area contributed by atoms with E-state index < -0.39 is 0 Å². The molecule has 0 aromatic heterocycles. The fourth-order valence-corrected chi connectivity index (χ4v) is 1.74. The van der Waals surface area contributed by atoms with E-state index in [-0.39, 0.29) is 5.78 Å². The van der Waals surface area contributed by atoms with Crippen LogP contribution in [0.4, 0.5) is 0 Å². The minimum atomic E-state index is 0.263. The lowest BCUT2D eigenvalue weighted by atomic mass is 9.81. The van der Waals surface area contributed by atoms with E-state index in [1.807, 2.05) is 26.0 Å². The van der Waals surface area contributed by atoms with Gasteiger partial charge in [0.1, 0.15) is 0 Å². The first-order chi connectivity index (χ1) is 5.70. The van der Waals surface area contributed by atoms with Crippen molar-refractivity contribution in [2.24, 2.45) is 5.92 Å². The average Bonchev–Trinajstić information content (AvgIpc) is 2.06. The predicted molar refractivity (Wildman–Crippen MR) is 50.9 cm³/mol. The summed E-state index contributed by atoms with van der Waals surface area (Å²) in [4.78, 5) is 11.7. The fourth-order valence-electron chi connectivity index (χ4n) is 1.74. The van der Waals surface area contributed by atoms with Crippen molar-refractivity contribution in [3.8, 4) is 0 Å². The van der Waals surface area contributed by atoms with Crippen LogP contribution >= 0.6 is 0 Å². The van der Waals surface area contributed by atoms with Gasteiger partial charge in [-0.1, -0.05) is 19.1 Å². The zero-order valence-corrected chi connectivity index (χ0v) is 8.05. The van der Waals surface area contributed by atoms with E-state index in [1.165, 1.54) is 0 Å². The van der Waals surface area contributed by atoms with E-state index in [1.54, 1.807) is 0 Å². The van der Waals surface area contributed by atoms with Crippen LogP contribution in [0.1, 0.15) is 33.6 Å². The Kier molecular flexibility index (Phi) is 2.85. The molecule has 1 atom stereocenters. The summed E-state index contributed by atoms with van der Waals surface area (Å²) in [6, 6.07) is 0. The van der Waals surface area contributed by atoms with Gasteiger partial charge < -0.3 is 0 Å². The zero-order chi connectivity index (χ0) is 9.14. The van der Waals surface area contributed by atoms with Crippen molar-refractivity contribution in [1.82, 2.24) is 0 Å². The highest BCUT2D eigenvalue weighted by atomic mass is 16.1. The van der Waals surface area contributed by atoms with E-state index in [4.69, 9.17) is 0 Å². The number of carbonyl (C=O) groups excluding carboxylic acids is 1. The standard InChI is InChI=1S/C11H16O/c1-4-9-7-6-8(3)10(5-2)11(9)12/h4-5,8H,6-7H2,1-3H3/b9-4+,10-5-. The van der Waals surface area contributed by atoms with Gasteiger partial charge in [-0.25, -0.2) is 0 Å². The summed E-state index contributed by atoms with van der Waals surface area (Å²) < 4.78 is 0. The van der Waals surface area contributed by atoms with E-state index in [0.717, 1.165) is 24.0 Å². The molecule has 1 fully saturated rings. The maximum Gasteiger partial charge on any atom is 0.184 e. The highest BCUT2D eigenvalue weighted by Crippen LogP contribution is 2.29. The molecule has 1 heteroatoms. The maximum atomic E-state index is 11.7. The number of carbonyl (C=O) groups is 1. The lowest BCUT2D eigenvalue weighted by Crippen LogP contribution is -2.19. The molecule has 12 heavy (non-hydrogen) atoms. The van der Waals surface area contributed by atoms with Gasteiger partial charge in [-0.2, -0.15) is 0 Å². The van der Waals surface area contributed by atoms with E-state index in [9.17, 15) is 4.79 Å². The topological polar surface area (TPSA) is 17.1 Å². The molecule has 0 saturated heterocycles. The smallest absolute Gasteiger partial charge is 0.184 e. The molecule has 0 amide bonds. The second-order valence-electron chi connectivity index (χ2n) is 3.33. The molecule has 1 aliphatic carbocycles. The second kappa shape index (κ2) is 3.70. The molecule has 0 aromatic rings. The third-order valence-electron chi connectivity index (χ3n) is 2.59. The third kappa shape index (κ3) is 1.50. The summed E-state index contributed by atoms with van der Waals surface area (Å²) in [5.41, 5.74) is 1.98. The molecule has 0 N–H and O–H groups in total. The summed E-state index contributed by atoms with van der Waals surface area (Å²) in [5.74, 6) is 0.713. The molecule has 0 heterocycles. The van der Waals surface area contributed by atoms with Crippen LogP contribution in [0.15, 0.2) is 23.3 Å². The molecule has 1 saturated carbocycles. The number of ketones is 1. The van der Waals surface area contributed by atoms with Crippen LogP contribution < -0.4 is 0 Å². The molecule has 1 unspecified atom stereocenters. The van der Waals surface area contributed by atoms with Gasteiger partial charge in [0.25, 0.3) is 0 Å². The SMILES string of the molecule is C/C=C1\C(=O)/C(=C/C)CCC1C. The number of hydrogen-bond donors (Lipinski definition) is 0. The molecule has 0 bridgehead atoms. The number of Topliss-reactive ketones (excluding diaryl/α,β-unsaturated/α-hetero) is 1. The Balaban J connectivity index is 2.93. The number of hydrogen-bond acceptors (Lipinski definition) is 1. The summed E-state index contributed by atoms with van der Waals surface area (Å²) >= 11 is 0. The highest BCUT2D eigenvalue weighted by molar-refractivity contribution is 6.09. The van der Waals surface area contributed by atoms with Crippen molar-refractivity contribution in [3.63, 3.8) is 0 Å². The molecule has 0 radical (unpaired) electrons. The Hall–Kier alpha value is -0.850. The molecule has 0 spiro atoms. The lowest BCUT2D eigenvalue weighted by Gasteiger charge is -2.22. The summed E-state index contributed by atoms with van der Waals surface area (Å²) in [6.07, 6.45) is 5.96. The average molecular weight is 164 g/mol. The quantitative estimate of drug-likeness (QED) is 0.503. The van der Waals surface area contributed by atoms with Crippen LogP contribution in [-0.2, 0) is 4.79 Å². The van der Waals surface area contributed by atoms with Gasteiger partial charge >= 0.3 is 0 Å². The van der Waals surface area contributed by atoms with Gasteiger partial charge in [-0.3, -0.25) is 4.79 Å². The van der Waals surface area contributed by atoms with E-state index in [0.29, 0.717) is 5.92 Å². The fraction of sp³-hybridized carbons (Fsp3) is 0.545. The zero-order valence-electron chi connectivity index (χ0n) is 8.05. The van der Waals surface area contributed by atoms with Crippen LogP contribution in [-0.4, -0.2) is 5.78 Å². The molecule has 1 aliphatic rings. The summed E-state index contributed by atoms with van der Waals surface area (Å²) in [6.45, 7) is 6.01. The van der Waals surface area contributed by atoms with Crippen molar-refractivity contribution in [2.75, 3.05) is 0 Å². The Morgan fingerprint density at radius 2 is 2.00 bits per heavy atom. The Labute approximate surface area is 74.2 Å². The molecule has 0 aliphatic heterocycles. The molecular weight excluding hydrogens is 148 g/mol. The van der Waals surface area contributed by atoms with E-state index in [2.05, 4.69) is 6.92 Å². The first kappa shape index (κ1) is 9.24. The molecule has 1 rings (SSSR count). The van der Waals surface area contributed by atoms with Crippen LogP contribution in [0.25, 0.3) is 0 Å². The summed E-state index contributed by atoms with van der Waals surface area (Å²) in [5, 5.41) is 0. The third-order valence-corrected chi connectivity index (χ3v) is 2.59. The largest absolute Gasteiger partial charge is 0.289 e. The van der Waals surface area contributed by atoms with Gasteiger partial charge in [0, 0.05) is 0 Å². The van der Waals surface area contributed by atoms with Crippen LogP contribution in [0.2, 0.25) is 0 Å². The monoisotopic (exact) mass is 164 g/mol. The van der Waals surface area contributed by atoms with Gasteiger partial charge in [-0.15, -0.1) is 0 Å². The maximum absolute atomic E-state index is 11.7. The normalized spacial score (nSPS) is 31.6. The van der Waals surface area contributed by atoms with Crippen molar-refractivity contribution in [3.05, 3.63) is 23.3 Å². The number of rotatable bonds is 0. The lowest BCUT2D eigenvalue weighted by molar-refractivity contribution is -0.113.